The largest absolute Gasteiger partial charge is 0.416 e. The summed E-state index contributed by atoms with van der Waals surface area (Å²) in [5.74, 6) is -0.469. The maximum Gasteiger partial charge on any atom is 0.416 e. The van der Waals surface area contributed by atoms with E-state index >= 15 is 0 Å². The minimum Gasteiger partial charge on any atom is -0.378 e. The topological polar surface area (TPSA) is 78.1 Å². The van der Waals surface area contributed by atoms with Crippen molar-refractivity contribution in [1.29, 1.82) is 0 Å². The first kappa shape index (κ1) is 28.6. The van der Waals surface area contributed by atoms with Gasteiger partial charge in [0.15, 0.2) is 11.5 Å². The first-order valence-electron chi connectivity index (χ1n) is 12.2. The Balaban J connectivity index is 1.61. The van der Waals surface area contributed by atoms with E-state index in [1.54, 1.807) is 36.2 Å². The van der Waals surface area contributed by atoms with Crippen LogP contribution >= 0.6 is 11.6 Å². The number of hydrogen-bond donors (Lipinski definition) is 0. The van der Waals surface area contributed by atoms with Crippen LogP contribution in [-0.4, -0.2) is 56.9 Å². The zero-order valence-electron chi connectivity index (χ0n) is 21.3. The molecule has 0 saturated carbocycles. The van der Waals surface area contributed by atoms with Gasteiger partial charge in [-0.2, -0.15) is 31.4 Å². The Bertz CT molecular complexity index is 1560. The molecule has 0 atom stereocenters. The quantitative estimate of drug-likeness (QED) is 0.216. The fourth-order valence-electron chi connectivity index (χ4n) is 4.63. The van der Waals surface area contributed by atoms with E-state index in [9.17, 15) is 31.1 Å². The van der Waals surface area contributed by atoms with Gasteiger partial charge in [0.1, 0.15) is 5.69 Å². The number of anilines is 1. The highest BCUT2D eigenvalue weighted by molar-refractivity contribution is 6.33. The number of morpholine rings is 1. The third kappa shape index (κ3) is 5.79. The second kappa shape index (κ2) is 10.8. The van der Waals surface area contributed by atoms with Gasteiger partial charge in [-0.05, 0) is 29.8 Å². The summed E-state index contributed by atoms with van der Waals surface area (Å²) in [6, 6.07) is 8.13. The number of ether oxygens (including phenoxy) is 1. The highest BCUT2D eigenvalue weighted by Gasteiger charge is 2.37. The van der Waals surface area contributed by atoms with Gasteiger partial charge in [0, 0.05) is 36.3 Å². The molecule has 1 fully saturated rings. The Morgan fingerprint density at radius 3 is 2.22 bits per heavy atom. The van der Waals surface area contributed by atoms with Crippen LogP contribution in [-0.2, 0) is 30.7 Å². The summed E-state index contributed by atoms with van der Waals surface area (Å²) < 4.78 is 88.7. The molecule has 0 unspecified atom stereocenters. The van der Waals surface area contributed by atoms with Crippen molar-refractivity contribution in [1.82, 2.24) is 24.8 Å². The number of ketones is 1. The van der Waals surface area contributed by atoms with E-state index in [1.807, 2.05) is 0 Å². The van der Waals surface area contributed by atoms with E-state index in [1.165, 1.54) is 10.9 Å². The average molecular weight is 599 g/mol. The highest BCUT2D eigenvalue weighted by Crippen LogP contribution is 2.37. The van der Waals surface area contributed by atoms with Crippen molar-refractivity contribution in [2.75, 3.05) is 31.2 Å². The second-order valence-corrected chi connectivity index (χ2v) is 9.68. The van der Waals surface area contributed by atoms with Gasteiger partial charge in [-0.3, -0.25) is 9.48 Å². The van der Waals surface area contributed by atoms with Crippen LogP contribution in [0.2, 0.25) is 5.02 Å². The summed E-state index contributed by atoms with van der Waals surface area (Å²) in [7, 11) is 1.55. The number of nitrogens with zero attached hydrogens (tertiary/aromatic N) is 6. The molecule has 216 valence electrons. The molecule has 8 nitrogen and oxygen atoms in total. The molecule has 41 heavy (non-hydrogen) atoms. The molecule has 0 bridgehead atoms. The summed E-state index contributed by atoms with van der Waals surface area (Å²) in [4.78, 5) is 15.7. The van der Waals surface area contributed by atoms with Gasteiger partial charge in [0.2, 0.25) is 5.78 Å². The van der Waals surface area contributed by atoms with Crippen molar-refractivity contribution < 1.29 is 35.9 Å². The number of carbonyl (C=O) groups excluding carboxylic acids is 1. The zero-order chi connectivity index (χ0) is 29.5. The molecule has 0 radical (unpaired) electrons. The first-order chi connectivity index (χ1) is 19.3. The molecule has 4 aromatic rings. The molecule has 2 aromatic carbocycles. The molecular formula is C26H21ClF6N6O2. The maximum absolute atomic E-state index is 14.0. The lowest BCUT2D eigenvalue weighted by molar-refractivity contribution is -0.143. The highest BCUT2D eigenvalue weighted by atomic mass is 35.5. The number of hydrogen-bond acceptors (Lipinski definition) is 6. The van der Waals surface area contributed by atoms with Crippen LogP contribution in [0.25, 0.3) is 11.1 Å². The van der Waals surface area contributed by atoms with Gasteiger partial charge < -0.3 is 9.64 Å². The summed E-state index contributed by atoms with van der Waals surface area (Å²) in [5, 5.41) is 12.6. The standard InChI is InChI=1S/C26H21ClF6N6O2/c1-37-22(19(13-34-37)18-4-2-3-5-20(18)27)23(40)21-24(38-6-8-41-9-7-38)39(36-35-21)14-15-10-16(25(28,29)30)12-17(11-15)26(31,32)33/h2-5,10-13H,6-9,14H2,1H3. The van der Waals surface area contributed by atoms with Crippen LogP contribution in [0, 0.1) is 0 Å². The lowest BCUT2D eigenvalue weighted by atomic mass is 10.0. The average Bonchev–Trinajstić information content (AvgIpc) is 3.51. The Morgan fingerprint density at radius 2 is 1.61 bits per heavy atom. The Morgan fingerprint density at radius 1 is 0.976 bits per heavy atom. The van der Waals surface area contributed by atoms with E-state index in [2.05, 4.69) is 15.4 Å². The predicted molar refractivity (Wildman–Crippen MR) is 136 cm³/mol. The SMILES string of the molecule is Cn1ncc(-c2ccccc2Cl)c1C(=O)c1nnn(Cc2cc(C(F)(F)F)cc(C(F)(F)F)c2)c1N1CCOCC1. The van der Waals surface area contributed by atoms with Gasteiger partial charge in [0.05, 0.1) is 37.1 Å². The van der Waals surface area contributed by atoms with Crippen molar-refractivity contribution in [3.63, 3.8) is 0 Å². The van der Waals surface area contributed by atoms with Crippen molar-refractivity contribution in [3.05, 3.63) is 81.8 Å². The van der Waals surface area contributed by atoms with Gasteiger partial charge in [-0.1, -0.05) is 35.0 Å². The molecule has 5 rings (SSSR count). The molecule has 1 saturated heterocycles. The van der Waals surface area contributed by atoms with E-state index in [0.717, 1.165) is 4.68 Å². The third-order valence-electron chi connectivity index (χ3n) is 6.53. The number of halogens is 7. The van der Waals surface area contributed by atoms with Crippen molar-refractivity contribution in [2.45, 2.75) is 18.9 Å². The Hall–Kier alpha value is -3.91. The minimum absolute atomic E-state index is 0.0569. The number of benzene rings is 2. The molecule has 15 heteroatoms. The Labute approximate surface area is 234 Å². The van der Waals surface area contributed by atoms with E-state index in [4.69, 9.17) is 16.3 Å². The maximum atomic E-state index is 14.0. The molecule has 2 aromatic heterocycles. The fourth-order valence-corrected chi connectivity index (χ4v) is 4.87. The number of carbonyl (C=O) groups is 1. The van der Waals surface area contributed by atoms with E-state index in [0.29, 0.717) is 28.3 Å². The smallest absolute Gasteiger partial charge is 0.378 e. The van der Waals surface area contributed by atoms with Crippen LogP contribution in [0.5, 0.6) is 0 Å². The monoisotopic (exact) mass is 598 g/mol. The zero-order valence-corrected chi connectivity index (χ0v) is 22.1. The molecule has 0 spiro atoms. The number of aromatic nitrogens is 5. The second-order valence-electron chi connectivity index (χ2n) is 9.27. The van der Waals surface area contributed by atoms with Crippen molar-refractivity contribution in [3.8, 4) is 11.1 Å². The normalized spacial score (nSPS) is 14.5. The third-order valence-corrected chi connectivity index (χ3v) is 6.86. The molecule has 1 aliphatic heterocycles. The van der Waals surface area contributed by atoms with Crippen LogP contribution in [0.4, 0.5) is 32.2 Å². The summed E-state index contributed by atoms with van der Waals surface area (Å²) in [5.41, 5.74) is -2.29. The molecular weight excluding hydrogens is 578 g/mol. The molecule has 1 aliphatic rings. The molecule has 3 heterocycles. The number of alkyl halides is 6. The predicted octanol–water partition coefficient (Wildman–Crippen LogP) is 5.49. The van der Waals surface area contributed by atoms with Gasteiger partial charge >= 0.3 is 12.4 Å². The number of rotatable bonds is 6. The van der Waals surface area contributed by atoms with E-state index in [-0.39, 0.29) is 55.1 Å². The van der Waals surface area contributed by atoms with E-state index < -0.39 is 35.8 Å². The summed E-state index contributed by atoms with van der Waals surface area (Å²) in [6.45, 7) is 0.608. The molecule has 0 N–H and O–H groups in total. The van der Waals surface area contributed by atoms with Gasteiger partial charge in [0.25, 0.3) is 0 Å². The fraction of sp³-hybridized carbons (Fsp3) is 0.308. The van der Waals surface area contributed by atoms with Crippen LogP contribution < -0.4 is 4.90 Å². The Kier molecular flexibility index (Phi) is 7.55. The van der Waals surface area contributed by atoms with Crippen molar-refractivity contribution >= 4 is 23.2 Å². The van der Waals surface area contributed by atoms with Gasteiger partial charge in [-0.15, -0.1) is 5.10 Å². The van der Waals surface area contributed by atoms with Gasteiger partial charge in [-0.25, -0.2) is 4.68 Å². The lowest BCUT2D eigenvalue weighted by Gasteiger charge is -2.29. The minimum atomic E-state index is -5.01. The van der Waals surface area contributed by atoms with Crippen LogP contribution in [0.15, 0.2) is 48.7 Å². The molecule has 0 aliphatic carbocycles. The lowest BCUT2D eigenvalue weighted by Crippen LogP contribution is -2.38. The number of aryl methyl sites for hydroxylation is 1. The molecule has 0 amide bonds. The van der Waals surface area contributed by atoms with Crippen LogP contribution in [0.3, 0.4) is 0 Å². The first-order valence-corrected chi connectivity index (χ1v) is 12.6. The van der Waals surface area contributed by atoms with Crippen molar-refractivity contribution in [2.24, 2.45) is 7.05 Å². The summed E-state index contributed by atoms with van der Waals surface area (Å²) in [6.07, 6.45) is -8.56. The summed E-state index contributed by atoms with van der Waals surface area (Å²) >= 11 is 6.36. The van der Waals surface area contributed by atoms with Crippen LogP contribution in [0.1, 0.15) is 32.9 Å².